The van der Waals surface area contributed by atoms with Gasteiger partial charge in [0.1, 0.15) is 0 Å². The molecule has 0 aliphatic heterocycles. The second-order valence-electron chi connectivity index (χ2n) is 3.37. The molecule has 13 heavy (non-hydrogen) atoms. The second-order valence-corrected chi connectivity index (χ2v) is 3.37. The predicted octanol–water partition coefficient (Wildman–Crippen LogP) is 2.00. The van der Waals surface area contributed by atoms with Crippen LogP contribution in [0.5, 0.6) is 0 Å². The molecule has 1 aliphatic carbocycles. The van der Waals surface area contributed by atoms with E-state index in [0.29, 0.717) is 13.0 Å². The lowest BCUT2D eigenvalue weighted by molar-refractivity contribution is 0.0972. The SMILES string of the molecule is COCC1CC(=O)c2ccccc21. The maximum Gasteiger partial charge on any atom is 0.163 e. The molecule has 0 fully saturated rings. The van der Waals surface area contributed by atoms with Gasteiger partial charge in [0.25, 0.3) is 0 Å². The van der Waals surface area contributed by atoms with Crippen LogP contribution in [0.4, 0.5) is 0 Å². The highest BCUT2D eigenvalue weighted by Gasteiger charge is 2.28. The van der Waals surface area contributed by atoms with Crippen LogP contribution in [0.15, 0.2) is 24.3 Å². The maximum absolute atomic E-state index is 11.5. The minimum Gasteiger partial charge on any atom is -0.384 e. The zero-order chi connectivity index (χ0) is 9.26. The van der Waals surface area contributed by atoms with Crippen LogP contribution in [0.1, 0.15) is 28.3 Å². The first-order chi connectivity index (χ1) is 6.33. The molecule has 0 N–H and O–H groups in total. The Morgan fingerprint density at radius 2 is 2.23 bits per heavy atom. The molecule has 2 nitrogen and oxygen atoms in total. The normalized spacial score (nSPS) is 20.4. The van der Waals surface area contributed by atoms with E-state index in [1.807, 2.05) is 24.3 Å². The Morgan fingerprint density at radius 3 is 3.00 bits per heavy atom. The molecule has 2 rings (SSSR count). The number of hydrogen-bond donors (Lipinski definition) is 0. The van der Waals surface area contributed by atoms with Gasteiger partial charge in [-0.3, -0.25) is 4.79 Å². The van der Waals surface area contributed by atoms with Crippen molar-refractivity contribution in [1.82, 2.24) is 0 Å². The zero-order valence-electron chi connectivity index (χ0n) is 7.62. The van der Waals surface area contributed by atoms with Gasteiger partial charge in [0.15, 0.2) is 5.78 Å². The van der Waals surface area contributed by atoms with Gasteiger partial charge in [-0.1, -0.05) is 24.3 Å². The number of hydrogen-bond acceptors (Lipinski definition) is 2. The average molecular weight is 176 g/mol. The lowest BCUT2D eigenvalue weighted by Gasteiger charge is -2.07. The summed E-state index contributed by atoms with van der Waals surface area (Å²) in [5.41, 5.74) is 2.03. The van der Waals surface area contributed by atoms with Crippen LogP contribution in [-0.2, 0) is 4.74 Å². The first-order valence-electron chi connectivity index (χ1n) is 4.44. The van der Waals surface area contributed by atoms with E-state index in [0.717, 1.165) is 11.1 Å². The number of Topliss-reactive ketones (excluding diaryl/α,β-unsaturated/α-hetero) is 1. The summed E-state index contributed by atoms with van der Waals surface area (Å²) in [6.45, 7) is 0.642. The van der Waals surface area contributed by atoms with Crippen LogP contribution in [-0.4, -0.2) is 19.5 Å². The molecule has 0 spiro atoms. The van der Waals surface area contributed by atoms with E-state index in [1.165, 1.54) is 0 Å². The van der Waals surface area contributed by atoms with Crippen molar-refractivity contribution in [1.29, 1.82) is 0 Å². The van der Waals surface area contributed by atoms with Crippen LogP contribution in [0.3, 0.4) is 0 Å². The van der Waals surface area contributed by atoms with Crippen molar-refractivity contribution in [3.63, 3.8) is 0 Å². The molecule has 0 radical (unpaired) electrons. The van der Waals surface area contributed by atoms with Crippen molar-refractivity contribution >= 4 is 5.78 Å². The summed E-state index contributed by atoms with van der Waals surface area (Å²) in [6.07, 6.45) is 0.604. The van der Waals surface area contributed by atoms with Gasteiger partial charge in [0.2, 0.25) is 0 Å². The van der Waals surface area contributed by atoms with Crippen molar-refractivity contribution in [2.45, 2.75) is 12.3 Å². The zero-order valence-corrected chi connectivity index (χ0v) is 7.62. The Kier molecular flexibility index (Phi) is 2.15. The van der Waals surface area contributed by atoms with Crippen LogP contribution < -0.4 is 0 Å². The molecule has 0 bridgehead atoms. The number of carbonyl (C=O) groups is 1. The van der Waals surface area contributed by atoms with Crippen molar-refractivity contribution in [3.8, 4) is 0 Å². The van der Waals surface area contributed by atoms with Gasteiger partial charge in [-0.25, -0.2) is 0 Å². The third kappa shape index (κ3) is 1.38. The second kappa shape index (κ2) is 3.30. The van der Waals surface area contributed by atoms with Crippen LogP contribution >= 0.6 is 0 Å². The third-order valence-electron chi connectivity index (χ3n) is 2.50. The van der Waals surface area contributed by atoms with Crippen molar-refractivity contribution in [3.05, 3.63) is 35.4 Å². The molecule has 1 atom stereocenters. The molecule has 0 aromatic heterocycles. The molecular formula is C11H12O2. The first kappa shape index (κ1) is 8.45. The van der Waals surface area contributed by atoms with Gasteiger partial charge in [-0.2, -0.15) is 0 Å². The van der Waals surface area contributed by atoms with E-state index < -0.39 is 0 Å². The fourth-order valence-corrected chi connectivity index (χ4v) is 1.90. The molecular weight excluding hydrogens is 164 g/mol. The molecule has 1 aliphatic rings. The predicted molar refractivity (Wildman–Crippen MR) is 50.0 cm³/mol. The molecule has 1 aromatic carbocycles. The molecule has 0 heterocycles. The van der Waals surface area contributed by atoms with E-state index in [4.69, 9.17) is 4.74 Å². The summed E-state index contributed by atoms with van der Waals surface area (Å²) in [6, 6.07) is 7.79. The first-order valence-corrected chi connectivity index (χ1v) is 4.44. The number of methoxy groups -OCH3 is 1. The topological polar surface area (TPSA) is 26.3 Å². The Hall–Kier alpha value is -1.15. The molecule has 0 amide bonds. The summed E-state index contributed by atoms with van der Waals surface area (Å²) in [7, 11) is 1.67. The summed E-state index contributed by atoms with van der Waals surface area (Å²) in [5.74, 6) is 0.520. The van der Waals surface area contributed by atoms with Crippen molar-refractivity contribution in [2.24, 2.45) is 0 Å². The largest absolute Gasteiger partial charge is 0.384 e. The van der Waals surface area contributed by atoms with Crippen LogP contribution in [0, 0.1) is 0 Å². The van der Waals surface area contributed by atoms with E-state index in [-0.39, 0.29) is 11.7 Å². The molecule has 68 valence electrons. The van der Waals surface area contributed by atoms with Crippen LogP contribution in [0.2, 0.25) is 0 Å². The van der Waals surface area contributed by atoms with E-state index in [2.05, 4.69) is 0 Å². The van der Waals surface area contributed by atoms with Gasteiger partial charge in [0, 0.05) is 25.0 Å². The maximum atomic E-state index is 11.5. The third-order valence-corrected chi connectivity index (χ3v) is 2.50. The van der Waals surface area contributed by atoms with E-state index in [1.54, 1.807) is 7.11 Å². The fourth-order valence-electron chi connectivity index (χ4n) is 1.90. The number of rotatable bonds is 2. The number of fused-ring (bicyclic) bond motifs is 1. The number of carbonyl (C=O) groups excluding carboxylic acids is 1. The fraction of sp³-hybridized carbons (Fsp3) is 0.364. The lowest BCUT2D eigenvalue weighted by atomic mass is 10.0. The summed E-state index contributed by atoms with van der Waals surface area (Å²) < 4.78 is 5.08. The van der Waals surface area contributed by atoms with Gasteiger partial charge in [-0.05, 0) is 5.56 Å². The highest BCUT2D eigenvalue weighted by Crippen LogP contribution is 2.32. The monoisotopic (exact) mass is 176 g/mol. The van der Waals surface area contributed by atoms with Crippen LogP contribution in [0.25, 0.3) is 0 Å². The number of ether oxygens (including phenoxy) is 1. The van der Waals surface area contributed by atoms with Crippen molar-refractivity contribution < 1.29 is 9.53 Å². The number of ketones is 1. The Bertz CT molecular complexity index is 331. The molecule has 2 heteroatoms. The number of benzene rings is 1. The van der Waals surface area contributed by atoms with E-state index in [9.17, 15) is 4.79 Å². The Morgan fingerprint density at radius 1 is 1.46 bits per heavy atom. The highest BCUT2D eigenvalue weighted by molar-refractivity contribution is 6.01. The minimum absolute atomic E-state index is 0.248. The molecule has 0 saturated heterocycles. The van der Waals surface area contributed by atoms with Gasteiger partial charge in [0.05, 0.1) is 6.61 Å². The average Bonchev–Trinajstić information content (AvgIpc) is 2.46. The standard InChI is InChI=1S/C11H12O2/c1-13-7-8-6-11(12)10-5-3-2-4-9(8)10/h2-5,8H,6-7H2,1H3. The Labute approximate surface area is 77.5 Å². The quantitative estimate of drug-likeness (QED) is 0.689. The summed E-state index contributed by atoms with van der Waals surface area (Å²) in [4.78, 5) is 11.5. The van der Waals surface area contributed by atoms with Gasteiger partial charge >= 0.3 is 0 Å². The molecule has 1 unspecified atom stereocenters. The molecule has 1 aromatic rings. The van der Waals surface area contributed by atoms with Crippen molar-refractivity contribution in [2.75, 3.05) is 13.7 Å². The van der Waals surface area contributed by atoms with Gasteiger partial charge < -0.3 is 4.74 Å². The summed E-state index contributed by atoms with van der Waals surface area (Å²) >= 11 is 0. The lowest BCUT2D eigenvalue weighted by Crippen LogP contribution is -2.02. The Balaban J connectivity index is 2.36. The van der Waals surface area contributed by atoms with E-state index >= 15 is 0 Å². The van der Waals surface area contributed by atoms with Gasteiger partial charge in [-0.15, -0.1) is 0 Å². The smallest absolute Gasteiger partial charge is 0.163 e. The minimum atomic E-state index is 0.248. The highest BCUT2D eigenvalue weighted by atomic mass is 16.5. The summed E-state index contributed by atoms with van der Waals surface area (Å²) in [5, 5.41) is 0. The molecule has 0 saturated carbocycles.